The largest absolute Gasteiger partial charge is 0.416 e. The van der Waals surface area contributed by atoms with Crippen molar-refractivity contribution in [2.75, 3.05) is 0 Å². The average Bonchev–Trinajstić information content (AvgIpc) is 3.41. The number of hydrogen-bond acceptors (Lipinski definition) is 3. The minimum Gasteiger partial charge on any atom is -0.274 e. The number of nitrogens with zero attached hydrogens (tertiary/aromatic N) is 3. The second kappa shape index (κ2) is 7.61. The molecule has 28 heavy (non-hydrogen) atoms. The lowest BCUT2D eigenvalue weighted by Crippen LogP contribution is -2.04. The van der Waals surface area contributed by atoms with E-state index in [1.807, 2.05) is 10.6 Å². The highest BCUT2D eigenvalue weighted by Gasteiger charge is 2.31. The van der Waals surface area contributed by atoms with E-state index in [1.165, 1.54) is 23.9 Å². The third kappa shape index (κ3) is 4.16. The van der Waals surface area contributed by atoms with Crippen LogP contribution in [0, 0.1) is 0 Å². The second-order valence-electron chi connectivity index (χ2n) is 6.53. The van der Waals surface area contributed by atoms with Crippen LogP contribution in [0.3, 0.4) is 0 Å². The highest BCUT2D eigenvalue weighted by atomic mass is 35.5. The van der Waals surface area contributed by atoms with Crippen molar-refractivity contribution in [2.45, 2.75) is 35.8 Å². The maximum absolute atomic E-state index is 12.7. The number of benzene rings is 2. The Morgan fingerprint density at radius 3 is 2.32 bits per heavy atom. The minimum absolute atomic E-state index is 0.363. The molecule has 9 heteroatoms. The summed E-state index contributed by atoms with van der Waals surface area (Å²) in [5, 5.41) is 10.2. The highest BCUT2D eigenvalue weighted by molar-refractivity contribution is 7.98. The van der Waals surface area contributed by atoms with E-state index in [0.717, 1.165) is 42.0 Å². The van der Waals surface area contributed by atoms with Gasteiger partial charge in [0.05, 0.1) is 21.3 Å². The van der Waals surface area contributed by atoms with Gasteiger partial charge in [0.2, 0.25) is 0 Å². The van der Waals surface area contributed by atoms with Crippen molar-refractivity contribution in [1.82, 2.24) is 14.8 Å². The Morgan fingerprint density at radius 1 is 1.00 bits per heavy atom. The third-order valence-electron chi connectivity index (χ3n) is 4.41. The van der Waals surface area contributed by atoms with Crippen LogP contribution >= 0.6 is 35.0 Å². The standard InChI is InChI=1S/C19H14Cl2F3N3S/c20-15-8-7-14(9-16(15)21)27-17(12-3-4-12)25-26-18(27)28-10-11-1-5-13(6-2-11)19(22,23)24/h1-2,5-9,12H,3-4,10H2. The van der Waals surface area contributed by atoms with Crippen molar-refractivity contribution in [3.8, 4) is 5.69 Å². The SMILES string of the molecule is FC(F)(F)c1ccc(CSc2nnc(C3CC3)n2-c2ccc(Cl)c(Cl)c2)cc1. The van der Waals surface area contributed by atoms with Crippen LogP contribution in [0.2, 0.25) is 10.0 Å². The molecule has 1 aliphatic rings. The number of thioether (sulfide) groups is 1. The normalized spacial score (nSPS) is 14.5. The first-order valence-electron chi connectivity index (χ1n) is 8.52. The minimum atomic E-state index is -4.33. The van der Waals surface area contributed by atoms with Crippen molar-refractivity contribution in [2.24, 2.45) is 0 Å². The molecular weight excluding hydrogens is 430 g/mol. The summed E-state index contributed by atoms with van der Waals surface area (Å²) < 4.78 is 40.1. The molecule has 146 valence electrons. The van der Waals surface area contributed by atoms with Crippen molar-refractivity contribution in [3.05, 3.63) is 69.5 Å². The number of hydrogen-bond donors (Lipinski definition) is 0. The van der Waals surface area contributed by atoms with Gasteiger partial charge in [-0.3, -0.25) is 4.57 Å². The van der Waals surface area contributed by atoms with Crippen molar-refractivity contribution in [3.63, 3.8) is 0 Å². The fourth-order valence-corrected chi connectivity index (χ4v) is 3.99. The highest BCUT2D eigenvalue weighted by Crippen LogP contribution is 2.42. The van der Waals surface area contributed by atoms with Gasteiger partial charge in [-0.2, -0.15) is 13.2 Å². The van der Waals surface area contributed by atoms with Crippen molar-refractivity contribution in [1.29, 1.82) is 0 Å². The summed E-state index contributed by atoms with van der Waals surface area (Å²) >= 11 is 13.6. The van der Waals surface area contributed by atoms with E-state index in [2.05, 4.69) is 10.2 Å². The Bertz CT molecular complexity index is 999. The molecule has 0 aliphatic heterocycles. The molecule has 3 nitrogen and oxygen atoms in total. The first-order valence-corrected chi connectivity index (χ1v) is 10.3. The van der Waals surface area contributed by atoms with Crippen LogP contribution in [-0.4, -0.2) is 14.8 Å². The van der Waals surface area contributed by atoms with Crippen LogP contribution < -0.4 is 0 Å². The number of aromatic nitrogens is 3. The van der Waals surface area contributed by atoms with Gasteiger partial charge in [0, 0.05) is 11.7 Å². The van der Waals surface area contributed by atoms with E-state index in [-0.39, 0.29) is 0 Å². The molecule has 1 saturated carbocycles. The number of alkyl halides is 3. The summed E-state index contributed by atoms with van der Waals surface area (Å²) in [5.41, 5.74) is 0.933. The molecule has 0 N–H and O–H groups in total. The van der Waals surface area contributed by atoms with Crippen LogP contribution in [0.15, 0.2) is 47.6 Å². The monoisotopic (exact) mass is 443 g/mol. The van der Waals surface area contributed by atoms with Crippen LogP contribution in [0.25, 0.3) is 5.69 Å². The van der Waals surface area contributed by atoms with E-state index >= 15 is 0 Å². The molecule has 4 rings (SSSR count). The van der Waals surface area contributed by atoms with Gasteiger partial charge in [0.25, 0.3) is 0 Å². The summed E-state index contributed by atoms with van der Waals surface area (Å²) in [4.78, 5) is 0. The van der Waals surface area contributed by atoms with Gasteiger partial charge in [0.15, 0.2) is 5.16 Å². The maximum Gasteiger partial charge on any atom is 0.416 e. The number of halogens is 5. The number of rotatable bonds is 5. The Labute approximate surface area is 173 Å². The summed E-state index contributed by atoms with van der Waals surface area (Å²) in [6.45, 7) is 0. The molecule has 1 fully saturated rings. The molecule has 1 aromatic heterocycles. The van der Waals surface area contributed by atoms with Gasteiger partial charge in [-0.1, -0.05) is 47.1 Å². The molecule has 0 saturated heterocycles. The first-order chi connectivity index (χ1) is 13.3. The van der Waals surface area contributed by atoms with Gasteiger partial charge < -0.3 is 0 Å². The fraction of sp³-hybridized carbons (Fsp3) is 0.263. The third-order valence-corrected chi connectivity index (χ3v) is 6.15. The lowest BCUT2D eigenvalue weighted by molar-refractivity contribution is -0.137. The predicted molar refractivity (Wildman–Crippen MR) is 104 cm³/mol. The summed E-state index contributed by atoms with van der Waals surface area (Å²) in [6.07, 6.45) is -2.22. The Hall–Kier alpha value is -1.70. The molecule has 3 aromatic rings. The fourth-order valence-electron chi connectivity index (χ4n) is 2.79. The van der Waals surface area contributed by atoms with Gasteiger partial charge in [-0.25, -0.2) is 0 Å². The molecule has 0 unspecified atom stereocenters. The zero-order chi connectivity index (χ0) is 19.9. The first kappa shape index (κ1) is 19.6. The quantitative estimate of drug-likeness (QED) is 0.408. The Morgan fingerprint density at radius 2 is 1.71 bits per heavy atom. The Kier molecular flexibility index (Phi) is 5.33. The van der Waals surface area contributed by atoms with Crippen LogP contribution in [0.4, 0.5) is 13.2 Å². The van der Waals surface area contributed by atoms with Crippen LogP contribution in [0.1, 0.15) is 35.7 Å². The average molecular weight is 444 g/mol. The van der Waals surface area contributed by atoms with E-state index in [0.29, 0.717) is 26.9 Å². The topological polar surface area (TPSA) is 30.7 Å². The van der Waals surface area contributed by atoms with Gasteiger partial charge in [0.1, 0.15) is 5.82 Å². The Balaban J connectivity index is 1.59. The molecular formula is C19H14Cl2F3N3S. The summed E-state index contributed by atoms with van der Waals surface area (Å²) in [5.74, 6) is 1.71. The molecule has 1 aliphatic carbocycles. The smallest absolute Gasteiger partial charge is 0.274 e. The molecule has 1 heterocycles. The van der Waals surface area contributed by atoms with Crippen molar-refractivity contribution < 1.29 is 13.2 Å². The summed E-state index contributed by atoms with van der Waals surface area (Å²) in [6, 6.07) is 10.5. The van der Waals surface area contributed by atoms with E-state index in [9.17, 15) is 13.2 Å². The zero-order valence-electron chi connectivity index (χ0n) is 14.4. The van der Waals surface area contributed by atoms with Gasteiger partial charge >= 0.3 is 6.18 Å². The lowest BCUT2D eigenvalue weighted by atomic mass is 10.1. The predicted octanol–water partition coefficient (Wildman–Crippen LogP) is 6.76. The molecule has 0 radical (unpaired) electrons. The van der Waals surface area contributed by atoms with Crippen LogP contribution in [0.5, 0.6) is 0 Å². The molecule has 0 bridgehead atoms. The van der Waals surface area contributed by atoms with E-state index in [1.54, 1.807) is 12.1 Å². The second-order valence-corrected chi connectivity index (χ2v) is 8.29. The molecule has 0 atom stereocenters. The van der Waals surface area contributed by atoms with Gasteiger partial charge in [-0.05, 0) is 48.7 Å². The van der Waals surface area contributed by atoms with E-state index in [4.69, 9.17) is 23.2 Å². The van der Waals surface area contributed by atoms with Gasteiger partial charge in [-0.15, -0.1) is 10.2 Å². The summed E-state index contributed by atoms with van der Waals surface area (Å²) in [7, 11) is 0. The maximum atomic E-state index is 12.7. The molecule has 0 spiro atoms. The zero-order valence-corrected chi connectivity index (χ0v) is 16.7. The van der Waals surface area contributed by atoms with Crippen molar-refractivity contribution >= 4 is 35.0 Å². The van der Waals surface area contributed by atoms with Crippen LogP contribution in [-0.2, 0) is 11.9 Å². The molecule has 2 aromatic carbocycles. The van der Waals surface area contributed by atoms with E-state index < -0.39 is 11.7 Å². The molecule has 0 amide bonds. The lowest BCUT2D eigenvalue weighted by Gasteiger charge is -2.11.